The number of nitrogens with one attached hydrogen (secondary N) is 1. The number of sulfonamides is 1. The second kappa shape index (κ2) is 10.2. The third kappa shape index (κ3) is 6.01. The van der Waals surface area contributed by atoms with E-state index in [1.165, 1.54) is 42.5 Å². The maximum absolute atomic E-state index is 14.3. The van der Waals surface area contributed by atoms with E-state index in [2.05, 4.69) is 10.3 Å². The van der Waals surface area contributed by atoms with Gasteiger partial charge in [0.25, 0.3) is 0 Å². The van der Waals surface area contributed by atoms with E-state index in [1.807, 2.05) is 0 Å². The molecule has 0 unspecified atom stereocenters. The van der Waals surface area contributed by atoms with Crippen LogP contribution in [0, 0.1) is 5.82 Å². The molecule has 0 atom stereocenters. The van der Waals surface area contributed by atoms with Gasteiger partial charge in [-0.2, -0.15) is 4.31 Å². The molecule has 162 valence electrons. The lowest BCUT2D eigenvalue weighted by Gasteiger charge is -2.23. The van der Waals surface area contributed by atoms with Crippen LogP contribution in [0.15, 0.2) is 71.9 Å². The molecule has 1 N–H and O–H groups in total. The van der Waals surface area contributed by atoms with Crippen LogP contribution >= 0.6 is 23.2 Å². The highest BCUT2D eigenvalue weighted by Crippen LogP contribution is 2.25. The van der Waals surface area contributed by atoms with Gasteiger partial charge in [0.2, 0.25) is 15.9 Å². The van der Waals surface area contributed by atoms with Crippen molar-refractivity contribution in [1.82, 2.24) is 14.6 Å². The molecule has 0 aliphatic rings. The number of pyridine rings is 1. The summed E-state index contributed by atoms with van der Waals surface area (Å²) >= 11 is 11.9. The fourth-order valence-electron chi connectivity index (χ4n) is 2.76. The smallest absolute Gasteiger partial charge is 0.243 e. The van der Waals surface area contributed by atoms with Crippen LogP contribution in [-0.2, 0) is 27.9 Å². The molecule has 3 aromatic rings. The molecule has 0 spiro atoms. The van der Waals surface area contributed by atoms with E-state index in [1.54, 1.807) is 24.5 Å². The molecule has 10 heteroatoms. The minimum absolute atomic E-state index is 0.0244. The summed E-state index contributed by atoms with van der Waals surface area (Å²) in [5.41, 5.74) is 0.774. The number of carbonyl (C=O) groups is 1. The molecule has 2 aromatic carbocycles. The van der Waals surface area contributed by atoms with Crippen molar-refractivity contribution in [2.75, 3.05) is 6.54 Å². The summed E-state index contributed by atoms with van der Waals surface area (Å²) in [6.07, 6.45) is 3.16. The first-order valence-corrected chi connectivity index (χ1v) is 11.3. The summed E-state index contributed by atoms with van der Waals surface area (Å²) in [6.45, 7) is -0.753. The first kappa shape index (κ1) is 23.1. The second-order valence-corrected chi connectivity index (χ2v) is 9.34. The number of hydrogen-bond acceptors (Lipinski definition) is 4. The molecular weight excluding hydrogens is 464 g/mol. The number of hydrogen-bond donors (Lipinski definition) is 1. The van der Waals surface area contributed by atoms with Crippen molar-refractivity contribution in [3.8, 4) is 0 Å². The molecule has 0 bridgehead atoms. The number of halogens is 3. The Labute approximate surface area is 189 Å². The zero-order chi connectivity index (χ0) is 22.4. The Bertz CT molecular complexity index is 1140. The second-order valence-electron chi connectivity index (χ2n) is 6.56. The number of aromatic nitrogens is 1. The highest BCUT2D eigenvalue weighted by molar-refractivity contribution is 7.89. The van der Waals surface area contributed by atoms with Gasteiger partial charge in [-0.3, -0.25) is 9.78 Å². The van der Waals surface area contributed by atoms with Crippen LogP contribution in [0.4, 0.5) is 4.39 Å². The lowest BCUT2D eigenvalue weighted by molar-refractivity contribution is -0.121. The summed E-state index contributed by atoms with van der Waals surface area (Å²) < 4.78 is 41.6. The van der Waals surface area contributed by atoms with Crippen LogP contribution in [0.1, 0.15) is 11.1 Å². The van der Waals surface area contributed by atoms with Crippen molar-refractivity contribution in [2.45, 2.75) is 18.0 Å². The van der Waals surface area contributed by atoms with Crippen molar-refractivity contribution in [2.24, 2.45) is 0 Å². The molecule has 6 nitrogen and oxygen atoms in total. The molecule has 1 amide bonds. The fourth-order valence-corrected chi connectivity index (χ4v) is 4.47. The van der Waals surface area contributed by atoms with Crippen LogP contribution in [0.25, 0.3) is 0 Å². The summed E-state index contributed by atoms with van der Waals surface area (Å²) in [5.74, 6) is -1.22. The van der Waals surface area contributed by atoms with Gasteiger partial charge in [0.05, 0.1) is 11.4 Å². The average molecular weight is 482 g/mol. The quantitative estimate of drug-likeness (QED) is 0.526. The van der Waals surface area contributed by atoms with Gasteiger partial charge in [0.1, 0.15) is 5.82 Å². The number of benzene rings is 2. The maximum atomic E-state index is 14.3. The summed E-state index contributed by atoms with van der Waals surface area (Å²) in [5, 5.41) is 3.08. The van der Waals surface area contributed by atoms with Gasteiger partial charge in [0, 0.05) is 41.1 Å². The van der Waals surface area contributed by atoms with E-state index in [0.717, 1.165) is 9.87 Å². The Morgan fingerprint density at radius 2 is 1.71 bits per heavy atom. The largest absolute Gasteiger partial charge is 0.351 e. The van der Waals surface area contributed by atoms with Crippen molar-refractivity contribution >= 4 is 39.1 Å². The highest BCUT2D eigenvalue weighted by atomic mass is 35.5. The molecular formula is C21H18Cl2FN3O3S. The molecule has 0 aliphatic carbocycles. The van der Waals surface area contributed by atoms with Crippen LogP contribution in [-0.4, -0.2) is 30.2 Å². The molecule has 31 heavy (non-hydrogen) atoms. The van der Waals surface area contributed by atoms with Crippen molar-refractivity contribution < 1.29 is 17.6 Å². The highest BCUT2D eigenvalue weighted by Gasteiger charge is 2.28. The lowest BCUT2D eigenvalue weighted by Crippen LogP contribution is -2.40. The minimum atomic E-state index is -4.15. The Morgan fingerprint density at radius 1 is 1.03 bits per heavy atom. The monoisotopic (exact) mass is 481 g/mol. The van der Waals surface area contributed by atoms with Crippen LogP contribution in [0.3, 0.4) is 0 Å². The molecule has 3 rings (SSSR count). The van der Waals surface area contributed by atoms with E-state index in [-0.39, 0.29) is 22.0 Å². The topological polar surface area (TPSA) is 79.4 Å². The van der Waals surface area contributed by atoms with E-state index in [4.69, 9.17) is 23.2 Å². The molecule has 0 saturated heterocycles. The van der Waals surface area contributed by atoms with E-state index < -0.39 is 34.8 Å². The molecule has 0 fully saturated rings. The Balaban J connectivity index is 1.86. The summed E-state index contributed by atoms with van der Waals surface area (Å²) in [7, 11) is -4.15. The zero-order valence-electron chi connectivity index (χ0n) is 16.1. The predicted octanol–water partition coefficient (Wildman–Crippen LogP) is 4.03. The van der Waals surface area contributed by atoms with Crippen LogP contribution in [0.5, 0.6) is 0 Å². The third-order valence-corrected chi connectivity index (χ3v) is 6.82. The van der Waals surface area contributed by atoms with Crippen molar-refractivity contribution in [1.29, 1.82) is 0 Å². The van der Waals surface area contributed by atoms with Crippen LogP contribution < -0.4 is 5.32 Å². The van der Waals surface area contributed by atoms with Gasteiger partial charge < -0.3 is 5.32 Å². The van der Waals surface area contributed by atoms with Gasteiger partial charge >= 0.3 is 0 Å². The fraction of sp³-hybridized carbons (Fsp3) is 0.143. The molecule has 0 radical (unpaired) electrons. The molecule has 0 aliphatic heterocycles. The van der Waals surface area contributed by atoms with E-state index in [0.29, 0.717) is 5.02 Å². The maximum Gasteiger partial charge on any atom is 0.243 e. The van der Waals surface area contributed by atoms with Gasteiger partial charge in [-0.15, -0.1) is 0 Å². The zero-order valence-corrected chi connectivity index (χ0v) is 18.5. The number of amides is 1. The van der Waals surface area contributed by atoms with Gasteiger partial charge in [-0.1, -0.05) is 29.3 Å². The van der Waals surface area contributed by atoms with Crippen LogP contribution in [0.2, 0.25) is 10.0 Å². The molecule has 1 aromatic heterocycles. The predicted molar refractivity (Wildman–Crippen MR) is 117 cm³/mol. The lowest BCUT2D eigenvalue weighted by atomic mass is 10.2. The number of nitrogens with zero attached hydrogens (tertiary/aromatic N) is 2. The minimum Gasteiger partial charge on any atom is -0.351 e. The number of rotatable bonds is 8. The van der Waals surface area contributed by atoms with Gasteiger partial charge in [-0.25, -0.2) is 12.8 Å². The molecule has 0 saturated carbocycles. The Kier molecular flexibility index (Phi) is 7.61. The van der Waals surface area contributed by atoms with E-state index >= 15 is 0 Å². The summed E-state index contributed by atoms with van der Waals surface area (Å²) in [4.78, 5) is 16.4. The molecule has 1 heterocycles. The third-order valence-electron chi connectivity index (χ3n) is 4.41. The SMILES string of the molecule is O=C(CN(Cc1c(F)cccc1Cl)S(=O)(=O)c1ccc(Cl)cc1)NCc1ccncc1. The average Bonchev–Trinajstić information content (AvgIpc) is 2.75. The normalized spacial score (nSPS) is 11.5. The number of carbonyl (C=O) groups excluding carboxylic acids is 1. The Morgan fingerprint density at radius 3 is 2.35 bits per heavy atom. The first-order valence-electron chi connectivity index (χ1n) is 9.11. The van der Waals surface area contributed by atoms with Gasteiger partial charge in [0.15, 0.2) is 0 Å². The standard InChI is InChI=1S/C21H18Cl2FN3O3S/c22-16-4-6-17(7-5-16)31(29,30)27(13-18-19(23)2-1-3-20(18)24)14-21(28)26-12-15-8-10-25-11-9-15/h1-11H,12-14H2,(H,26,28). The summed E-state index contributed by atoms with van der Waals surface area (Å²) in [6, 6.07) is 13.0. The van der Waals surface area contributed by atoms with Gasteiger partial charge in [-0.05, 0) is 54.1 Å². The first-order chi connectivity index (χ1) is 14.8. The van der Waals surface area contributed by atoms with Crippen molar-refractivity contribution in [3.63, 3.8) is 0 Å². The Hall–Kier alpha value is -2.52. The van der Waals surface area contributed by atoms with E-state index in [9.17, 15) is 17.6 Å². The van der Waals surface area contributed by atoms with Crippen molar-refractivity contribution in [3.05, 3.63) is 94.0 Å².